The molecule has 1 aliphatic heterocycles. The van der Waals surface area contributed by atoms with Crippen molar-refractivity contribution in [1.82, 2.24) is 0 Å². The van der Waals surface area contributed by atoms with Crippen LogP contribution in [0.3, 0.4) is 0 Å². The number of benzene rings is 1. The highest BCUT2D eigenvalue weighted by Crippen LogP contribution is 2.79. The van der Waals surface area contributed by atoms with Crippen LogP contribution in [-0.4, -0.2) is 24.7 Å². The third-order valence-electron chi connectivity index (χ3n) is 9.88. The molecule has 2 N–H and O–H groups in total. The Kier molecular flexibility index (Phi) is 3.82. The quantitative estimate of drug-likeness (QED) is 0.739. The van der Waals surface area contributed by atoms with E-state index in [1.54, 1.807) is 0 Å². The number of hydrogen-bond donors (Lipinski definition) is 1. The summed E-state index contributed by atoms with van der Waals surface area (Å²) in [6.45, 7) is 1.10. The molecule has 4 atom stereocenters. The second kappa shape index (κ2) is 6.22. The van der Waals surface area contributed by atoms with Crippen molar-refractivity contribution >= 4 is 0 Å². The van der Waals surface area contributed by atoms with E-state index in [9.17, 15) is 0 Å². The molecule has 3 spiro atoms. The first-order valence-corrected chi connectivity index (χ1v) is 12.1. The number of nitrogens with two attached hydrogens (primary N) is 1. The molecule has 1 aromatic carbocycles. The second-order valence-electron chi connectivity index (χ2n) is 11.0. The lowest BCUT2D eigenvalue weighted by atomic mass is 9.56. The monoisotopic (exact) mass is 411 g/mol. The fourth-order valence-corrected chi connectivity index (χ4v) is 8.47. The van der Waals surface area contributed by atoms with E-state index >= 15 is 0 Å². The second-order valence-corrected chi connectivity index (χ2v) is 11.0. The highest BCUT2D eigenvalue weighted by Gasteiger charge is 2.77. The van der Waals surface area contributed by atoms with Crippen molar-refractivity contribution in [2.75, 3.05) is 13.2 Å². The molecule has 6 aliphatic rings. The summed E-state index contributed by atoms with van der Waals surface area (Å²) in [6, 6.07) is 8.53. The Morgan fingerprint density at radius 3 is 2.23 bits per heavy atom. The van der Waals surface area contributed by atoms with Crippen molar-refractivity contribution < 1.29 is 19.2 Å². The van der Waals surface area contributed by atoms with Gasteiger partial charge in [0.1, 0.15) is 12.4 Å². The Morgan fingerprint density at radius 2 is 1.57 bits per heavy atom. The fraction of sp³-hybridized carbons (Fsp3) is 0.760. The van der Waals surface area contributed by atoms with Crippen LogP contribution in [0.5, 0.6) is 5.75 Å². The Labute approximate surface area is 178 Å². The molecule has 6 fully saturated rings. The molecule has 5 heteroatoms. The lowest BCUT2D eigenvalue weighted by molar-refractivity contribution is -0.374. The van der Waals surface area contributed by atoms with E-state index in [-0.39, 0.29) is 0 Å². The van der Waals surface area contributed by atoms with E-state index in [2.05, 4.69) is 24.3 Å². The van der Waals surface area contributed by atoms with Crippen LogP contribution >= 0.6 is 0 Å². The molecule has 5 saturated carbocycles. The minimum absolute atomic E-state index is 0.442. The minimum Gasteiger partial charge on any atom is -0.492 e. The number of hydrogen-bond acceptors (Lipinski definition) is 5. The first-order valence-electron chi connectivity index (χ1n) is 12.1. The molecule has 4 unspecified atom stereocenters. The van der Waals surface area contributed by atoms with Crippen LogP contribution in [0.25, 0.3) is 0 Å². The van der Waals surface area contributed by atoms with Crippen LogP contribution in [0, 0.1) is 29.1 Å². The zero-order valence-electron chi connectivity index (χ0n) is 17.7. The molecular formula is C25H33NO4. The van der Waals surface area contributed by atoms with Crippen LogP contribution in [-0.2, 0) is 14.5 Å². The van der Waals surface area contributed by atoms with Crippen LogP contribution in [0.1, 0.15) is 69.3 Å². The highest BCUT2D eigenvalue weighted by atomic mass is 17.3. The van der Waals surface area contributed by atoms with E-state index < -0.39 is 11.6 Å². The van der Waals surface area contributed by atoms with E-state index in [0.29, 0.717) is 36.3 Å². The lowest BCUT2D eigenvalue weighted by Crippen LogP contribution is -2.50. The SMILES string of the molecule is NCCOc1ccc([C@H]2CC[C@]3(CC2)OO[C@]2(O3)C3CC4CC5CC2CC45C3)cc1. The molecule has 5 nitrogen and oxygen atoms in total. The number of ether oxygens (including phenoxy) is 2. The summed E-state index contributed by atoms with van der Waals surface area (Å²) in [5.74, 6) is 3.46. The van der Waals surface area contributed by atoms with Crippen LogP contribution < -0.4 is 10.5 Å². The van der Waals surface area contributed by atoms with Gasteiger partial charge in [0.2, 0.25) is 11.6 Å². The van der Waals surface area contributed by atoms with Crippen LogP contribution in [0.4, 0.5) is 0 Å². The summed E-state index contributed by atoms with van der Waals surface area (Å²) in [7, 11) is 0. The summed E-state index contributed by atoms with van der Waals surface area (Å²) >= 11 is 0. The molecule has 0 radical (unpaired) electrons. The maximum absolute atomic E-state index is 6.92. The topological polar surface area (TPSA) is 62.9 Å². The normalized spacial score (nSPS) is 50.2. The van der Waals surface area contributed by atoms with Crippen molar-refractivity contribution in [3.05, 3.63) is 29.8 Å². The van der Waals surface area contributed by atoms with Gasteiger partial charge in [-0.2, -0.15) is 9.78 Å². The zero-order valence-corrected chi connectivity index (χ0v) is 17.7. The van der Waals surface area contributed by atoms with Gasteiger partial charge in [0, 0.05) is 31.2 Å². The molecule has 1 heterocycles. The first-order chi connectivity index (χ1) is 14.6. The third kappa shape index (κ3) is 2.33. The smallest absolute Gasteiger partial charge is 0.210 e. The maximum atomic E-state index is 6.92. The third-order valence-corrected chi connectivity index (χ3v) is 9.88. The van der Waals surface area contributed by atoms with Gasteiger partial charge in [-0.15, -0.1) is 0 Å². The van der Waals surface area contributed by atoms with Gasteiger partial charge < -0.3 is 15.2 Å². The zero-order chi connectivity index (χ0) is 20.0. The predicted octanol–water partition coefficient (Wildman–Crippen LogP) is 4.51. The molecule has 7 rings (SSSR count). The van der Waals surface area contributed by atoms with Crippen molar-refractivity contribution in [3.8, 4) is 5.75 Å². The number of fused-ring (bicyclic) bond motifs is 4. The Bertz CT molecular complexity index is 806. The van der Waals surface area contributed by atoms with Gasteiger partial charge in [0.15, 0.2) is 0 Å². The Balaban J connectivity index is 1.04. The molecule has 0 aromatic heterocycles. The van der Waals surface area contributed by atoms with E-state index in [1.165, 1.54) is 37.7 Å². The molecule has 5 aliphatic carbocycles. The van der Waals surface area contributed by atoms with Crippen molar-refractivity contribution in [1.29, 1.82) is 0 Å². The molecule has 30 heavy (non-hydrogen) atoms. The van der Waals surface area contributed by atoms with Gasteiger partial charge in [0.25, 0.3) is 0 Å². The Morgan fingerprint density at radius 1 is 0.900 bits per heavy atom. The van der Waals surface area contributed by atoms with Gasteiger partial charge in [-0.3, -0.25) is 0 Å². The lowest BCUT2D eigenvalue weighted by Gasteiger charge is -2.49. The summed E-state index contributed by atoms with van der Waals surface area (Å²) < 4.78 is 12.5. The van der Waals surface area contributed by atoms with Crippen LogP contribution in [0.15, 0.2) is 24.3 Å². The molecule has 1 aromatic rings. The van der Waals surface area contributed by atoms with Gasteiger partial charge >= 0.3 is 0 Å². The van der Waals surface area contributed by atoms with Crippen molar-refractivity contribution in [2.45, 2.75) is 75.3 Å². The van der Waals surface area contributed by atoms with Crippen molar-refractivity contribution in [3.63, 3.8) is 0 Å². The summed E-state index contributed by atoms with van der Waals surface area (Å²) in [5, 5.41) is 0. The highest BCUT2D eigenvalue weighted by molar-refractivity contribution is 5.30. The molecule has 1 saturated heterocycles. The van der Waals surface area contributed by atoms with E-state index in [1.807, 2.05) is 0 Å². The molecule has 3 bridgehead atoms. The van der Waals surface area contributed by atoms with Crippen LogP contribution in [0.2, 0.25) is 0 Å². The molecular weight excluding hydrogens is 378 g/mol. The fourth-order valence-electron chi connectivity index (χ4n) is 8.47. The van der Waals surface area contributed by atoms with Gasteiger partial charge in [-0.25, -0.2) is 0 Å². The average Bonchev–Trinajstić information content (AvgIpc) is 3.35. The molecule has 0 amide bonds. The van der Waals surface area contributed by atoms with E-state index in [0.717, 1.165) is 43.3 Å². The van der Waals surface area contributed by atoms with Gasteiger partial charge in [0.05, 0.1) is 0 Å². The van der Waals surface area contributed by atoms with Gasteiger partial charge in [-0.05, 0) is 85.8 Å². The van der Waals surface area contributed by atoms with Gasteiger partial charge in [-0.1, -0.05) is 12.1 Å². The summed E-state index contributed by atoms with van der Waals surface area (Å²) in [4.78, 5) is 12.4. The Hall–Kier alpha value is -1.14. The first kappa shape index (κ1) is 18.4. The minimum atomic E-state index is -0.518. The standard InChI is InChI=1S/C25H33NO4/c26-9-10-27-22-3-1-16(2-4-22)17-5-7-24(8-6-17)28-25(30-29-24)20-12-18-11-19-13-21(25)15-23(18,19)14-20/h1-4,17-21H,5-15,26H2/t17-,18?,19?,20?,21?,23?,24+,25?. The summed E-state index contributed by atoms with van der Waals surface area (Å²) in [5.41, 5.74) is 7.57. The summed E-state index contributed by atoms with van der Waals surface area (Å²) in [6.07, 6.45) is 10.7. The molecule has 162 valence electrons. The largest absolute Gasteiger partial charge is 0.492 e. The predicted molar refractivity (Wildman–Crippen MR) is 110 cm³/mol. The van der Waals surface area contributed by atoms with E-state index in [4.69, 9.17) is 25.0 Å². The van der Waals surface area contributed by atoms with Crippen molar-refractivity contribution in [2.24, 2.45) is 34.8 Å². The number of rotatable bonds is 4. The average molecular weight is 412 g/mol. The maximum Gasteiger partial charge on any atom is 0.210 e.